The van der Waals surface area contributed by atoms with Gasteiger partial charge in [-0.25, -0.2) is 0 Å². The lowest BCUT2D eigenvalue weighted by molar-refractivity contribution is 0.0880. The summed E-state index contributed by atoms with van der Waals surface area (Å²) in [4.78, 5) is 35.0. The SMILES string of the molecule is Nc1c2c(cc(=O)n1-c1ccc(Cl)cc1S(=O)(=O)O)C(=O)NC2=O. The summed E-state index contributed by atoms with van der Waals surface area (Å²) in [5.41, 5.74) is 4.19. The van der Waals surface area contributed by atoms with Gasteiger partial charge in [0.25, 0.3) is 27.5 Å². The lowest BCUT2D eigenvalue weighted by atomic mass is 10.1. The maximum absolute atomic E-state index is 12.3. The molecular formula is C13H8ClN3O6S. The first-order valence-corrected chi connectivity index (χ1v) is 8.11. The molecule has 1 aromatic heterocycles. The zero-order valence-corrected chi connectivity index (χ0v) is 13.2. The molecule has 0 bridgehead atoms. The van der Waals surface area contributed by atoms with Crippen molar-refractivity contribution >= 4 is 39.4 Å². The van der Waals surface area contributed by atoms with E-state index in [9.17, 15) is 27.4 Å². The molecule has 2 aromatic rings. The van der Waals surface area contributed by atoms with Crippen molar-refractivity contribution in [3.8, 4) is 5.69 Å². The normalized spacial score (nSPS) is 13.8. The largest absolute Gasteiger partial charge is 0.384 e. The van der Waals surface area contributed by atoms with Gasteiger partial charge in [-0.1, -0.05) is 11.6 Å². The number of nitrogen functional groups attached to an aromatic ring is 1. The van der Waals surface area contributed by atoms with Crippen LogP contribution in [-0.2, 0) is 10.1 Å². The Morgan fingerprint density at radius 3 is 2.42 bits per heavy atom. The lowest BCUT2D eigenvalue weighted by Gasteiger charge is -2.14. The topological polar surface area (TPSA) is 149 Å². The van der Waals surface area contributed by atoms with E-state index in [-0.39, 0.29) is 21.8 Å². The van der Waals surface area contributed by atoms with Crippen LogP contribution < -0.4 is 16.6 Å². The van der Waals surface area contributed by atoms with E-state index in [4.69, 9.17) is 17.3 Å². The number of aromatic nitrogens is 1. The van der Waals surface area contributed by atoms with Crippen molar-refractivity contribution in [2.75, 3.05) is 5.73 Å². The van der Waals surface area contributed by atoms with Gasteiger partial charge in [-0.15, -0.1) is 0 Å². The summed E-state index contributed by atoms with van der Waals surface area (Å²) < 4.78 is 33.2. The summed E-state index contributed by atoms with van der Waals surface area (Å²) in [6.45, 7) is 0. The van der Waals surface area contributed by atoms with Crippen molar-refractivity contribution in [2.24, 2.45) is 0 Å². The third-order valence-corrected chi connectivity index (χ3v) is 4.51. The maximum Gasteiger partial charge on any atom is 0.296 e. The Bertz CT molecular complexity index is 1090. The van der Waals surface area contributed by atoms with Crippen LogP contribution in [0.5, 0.6) is 0 Å². The molecule has 0 spiro atoms. The second-order valence-corrected chi connectivity index (χ2v) is 6.69. The van der Waals surface area contributed by atoms with Crippen LogP contribution in [0.3, 0.4) is 0 Å². The Morgan fingerprint density at radius 1 is 1.12 bits per heavy atom. The second kappa shape index (κ2) is 5.16. The molecule has 0 saturated heterocycles. The number of hydrogen-bond donors (Lipinski definition) is 3. The Balaban J connectivity index is 2.43. The summed E-state index contributed by atoms with van der Waals surface area (Å²) in [7, 11) is -4.74. The zero-order chi connectivity index (χ0) is 17.8. The van der Waals surface area contributed by atoms with E-state index in [1.165, 1.54) is 6.07 Å². The third-order valence-electron chi connectivity index (χ3n) is 3.39. The molecule has 3 rings (SSSR count). The molecule has 2 heterocycles. The van der Waals surface area contributed by atoms with Gasteiger partial charge in [0.05, 0.1) is 16.8 Å². The molecule has 124 valence electrons. The lowest BCUT2D eigenvalue weighted by Crippen LogP contribution is -2.25. The molecule has 0 saturated carbocycles. The molecule has 0 unspecified atom stereocenters. The zero-order valence-electron chi connectivity index (χ0n) is 11.6. The minimum atomic E-state index is -4.74. The molecule has 24 heavy (non-hydrogen) atoms. The molecule has 0 aliphatic carbocycles. The van der Waals surface area contributed by atoms with Gasteiger partial charge in [-0.05, 0) is 18.2 Å². The highest BCUT2D eigenvalue weighted by Crippen LogP contribution is 2.28. The van der Waals surface area contributed by atoms with Gasteiger partial charge in [0.1, 0.15) is 10.7 Å². The molecule has 9 nitrogen and oxygen atoms in total. The van der Waals surface area contributed by atoms with Gasteiger partial charge in [0.2, 0.25) is 0 Å². The number of rotatable bonds is 2. The molecular weight excluding hydrogens is 362 g/mol. The molecule has 0 fully saturated rings. The number of carbonyl (C=O) groups is 2. The second-order valence-electron chi connectivity index (χ2n) is 4.86. The fourth-order valence-corrected chi connectivity index (χ4v) is 3.34. The number of halogens is 1. The highest BCUT2D eigenvalue weighted by atomic mass is 35.5. The summed E-state index contributed by atoms with van der Waals surface area (Å²) in [6.07, 6.45) is 0. The molecule has 0 radical (unpaired) electrons. The van der Waals surface area contributed by atoms with E-state index in [0.29, 0.717) is 4.57 Å². The smallest absolute Gasteiger partial charge is 0.296 e. The summed E-state index contributed by atoms with van der Waals surface area (Å²) in [5, 5.41) is 1.98. The summed E-state index contributed by atoms with van der Waals surface area (Å²) >= 11 is 5.72. The van der Waals surface area contributed by atoms with Crippen molar-refractivity contribution in [3.05, 3.63) is 50.8 Å². The predicted octanol–water partition coefficient (Wildman–Crippen LogP) is 0.203. The van der Waals surface area contributed by atoms with E-state index < -0.39 is 38.2 Å². The minimum absolute atomic E-state index is 0.00734. The van der Waals surface area contributed by atoms with Crippen LogP contribution in [0, 0.1) is 0 Å². The number of amides is 2. The Hall–Kier alpha value is -2.69. The molecule has 1 aliphatic heterocycles. The van der Waals surface area contributed by atoms with Crippen molar-refractivity contribution in [1.82, 2.24) is 9.88 Å². The number of hydrogen-bond acceptors (Lipinski definition) is 6. The number of nitrogens with two attached hydrogens (primary N) is 1. The number of carbonyl (C=O) groups excluding carboxylic acids is 2. The maximum atomic E-state index is 12.3. The average Bonchev–Trinajstić information content (AvgIpc) is 2.74. The first-order chi connectivity index (χ1) is 11.1. The molecule has 1 aliphatic rings. The highest BCUT2D eigenvalue weighted by molar-refractivity contribution is 7.86. The minimum Gasteiger partial charge on any atom is -0.384 e. The Kier molecular flexibility index (Phi) is 3.48. The van der Waals surface area contributed by atoms with Gasteiger partial charge in [-0.2, -0.15) is 8.42 Å². The van der Waals surface area contributed by atoms with Crippen LogP contribution in [0.25, 0.3) is 5.69 Å². The van der Waals surface area contributed by atoms with Crippen LogP contribution in [0.15, 0.2) is 34.0 Å². The van der Waals surface area contributed by atoms with E-state index in [1.807, 2.05) is 5.32 Å². The van der Waals surface area contributed by atoms with E-state index in [2.05, 4.69) is 0 Å². The molecule has 2 amide bonds. The Labute approximate surface area is 139 Å². The quantitative estimate of drug-likeness (QED) is 0.505. The number of anilines is 1. The van der Waals surface area contributed by atoms with Gasteiger partial charge in [0.15, 0.2) is 0 Å². The van der Waals surface area contributed by atoms with Crippen LogP contribution in [-0.4, -0.2) is 29.4 Å². The monoisotopic (exact) mass is 369 g/mol. The first-order valence-electron chi connectivity index (χ1n) is 6.30. The number of nitrogens with zero attached hydrogens (tertiary/aromatic N) is 1. The van der Waals surface area contributed by atoms with Crippen LogP contribution in [0.4, 0.5) is 5.82 Å². The number of fused-ring (bicyclic) bond motifs is 1. The summed E-state index contributed by atoms with van der Waals surface area (Å²) in [5.74, 6) is -2.03. The number of benzene rings is 1. The standard InChI is InChI=1S/C13H8ClN3O6S/c14-5-1-2-7(8(3-5)24(21,22)23)17-9(18)4-6-10(11(17)15)13(20)16-12(6)19/h1-4H,15H2,(H,16,19,20)(H,21,22,23). The van der Waals surface area contributed by atoms with E-state index in [0.717, 1.165) is 18.2 Å². The fourth-order valence-electron chi connectivity index (χ4n) is 2.41. The van der Waals surface area contributed by atoms with Crippen molar-refractivity contribution in [3.63, 3.8) is 0 Å². The first kappa shape index (κ1) is 16.2. The molecule has 1 aromatic carbocycles. The van der Waals surface area contributed by atoms with Crippen LogP contribution >= 0.6 is 11.6 Å². The number of pyridine rings is 1. The van der Waals surface area contributed by atoms with Crippen LogP contribution in [0.1, 0.15) is 20.7 Å². The van der Waals surface area contributed by atoms with Gasteiger partial charge in [0, 0.05) is 11.1 Å². The van der Waals surface area contributed by atoms with Crippen molar-refractivity contribution in [2.45, 2.75) is 4.90 Å². The average molecular weight is 370 g/mol. The molecule has 11 heteroatoms. The van der Waals surface area contributed by atoms with E-state index in [1.54, 1.807) is 0 Å². The predicted molar refractivity (Wildman–Crippen MR) is 83.1 cm³/mol. The van der Waals surface area contributed by atoms with E-state index >= 15 is 0 Å². The molecule has 4 N–H and O–H groups in total. The van der Waals surface area contributed by atoms with Gasteiger partial charge < -0.3 is 5.73 Å². The summed E-state index contributed by atoms with van der Waals surface area (Å²) in [6, 6.07) is 4.20. The Morgan fingerprint density at radius 2 is 1.79 bits per heavy atom. The fraction of sp³-hybridized carbons (Fsp3) is 0. The molecule has 0 atom stereocenters. The van der Waals surface area contributed by atoms with Crippen molar-refractivity contribution < 1.29 is 22.6 Å². The van der Waals surface area contributed by atoms with Gasteiger partial charge in [-0.3, -0.25) is 28.8 Å². The number of nitrogens with one attached hydrogen (secondary N) is 1. The van der Waals surface area contributed by atoms with Gasteiger partial charge >= 0.3 is 0 Å². The van der Waals surface area contributed by atoms with Crippen LogP contribution in [0.2, 0.25) is 5.02 Å². The third kappa shape index (κ3) is 2.37. The number of imide groups is 1. The van der Waals surface area contributed by atoms with Crippen molar-refractivity contribution in [1.29, 1.82) is 0 Å². The highest BCUT2D eigenvalue weighted by Gasteiger charge is 2.32.